The minimum absolute atomic E-state index is 0.0515. The molecule has 6 nitrogen and oxygen atoms in total. The molecule has 0 bridgehead atoms. The molecule has 2 amide bonds. The molecule has 1 saturated heterocycles. The van der Waals surface area contributed by atoms with Gasteiger partial charge in [0.05, 0.1) is 19.0 Å². The van der Waals surface area contributed by atoms with E-state index in [0.29, 0.717) is 26.2 Å². The highest BCUT2D eigenvalue weighted by molar-refractivity contribution is 5.79. The number of rotatable bonds is 7. The number of carbonyl (C=O) groups is 2. The second kappa shape index (κ2) is 8.68. The van der Waals surface area contributed by atoms with Gasteiger partial charge >= 0.3 is 0 Å². The van der Waals surface area contributed by atoms with Crippen LogP contribution in [0.2, 0.25) is 0 Å². The molecule has 1 fully saturated rings. The molecule has 1 aliphatic rings. The number of nitrogens with two attached hydrogens (primary N) is 1. The van der Waals surface area contributed by atoms with Crippen molar-refractivity contribution in [3.63, 3.8) is 0 Å². The number of likely N-dealkylation sites (tertiary alicyclic amines) is 1. The fourth-order valence-electron chi connectivity index (χ4n) is 3.00. The number of hydrogen-bond acceptors (Lipinski definition) is 4. The van der Waals surface area contributed by atoms with Gasteiger partial charge < -0.3 is 15.8 Å². The fraction of sp³-hybridized carbons (Fsp3) is 0.556. The van der Waals surface area contributed by atoms with E-state index < -0.39 is 0 Å². The Balaban J connectivity index is 1.67. The number of ether oxygens (including phenoxy) is 1. The summed E-state index contributed by atoms with van der Waals surface area (Å²) >= 11 is 0. The molecule has 1 aromatic carbocycles. The molecule has 6 heteroatoms. The Morgan fingerprint density at radius 2 is 2.17 bits per heavy atom. The molecule has 1 aliphatic heterocycles. The van der Waals surface area contributed by atoms with Gasteiger partial charge in [-0.1, -0.05) is 17.7 Å². The Hall–Kier alpha value is -2.08. The Bertz CT molecular complexity index is 589. The zero-order valence-corrected chi connectivity index (χ0v) is 14.5. The third-order valence-electron chi connectivity index (χ3n) is 4.29. The van der Waals surface area contributed by atoms with Gasteiger partial charge in [0.2, 0.25) is 11.8 Å². The standard InChI is InChI=1S/C18H27N3O3/c1-13-5-6-16(14(2)10-13)24-9-7-20-17(22)12-21-8-3-4-15(11-21)18(19)23/h5-6,10,15H,3-4,7-9,11-12H2,1-2H3,(H2,19,23)(H,20,22)/t15-/m1/s1. The summed E-state index contributed by atoms with van der Waals surface area (Å²) in [5, 5.41) is 2.85. The third kappa shape index (κ3) is 5.53. The highest BCUT2D eigenvalue weighted by Crippen LogP contribution is 2.18. The summed E-state index contributed by atoms with van der Waals surface area (Å²) < 4.78 is 5.69. The SMILES string of the molecule is Cc1ccc(OCCNC(=O)CN2CCC[C@@H](C(N)=O)C2)c(C)c1. The summed E-state index contributed by atoms with van der Waals surface area (Å²) in [7, 11) is 0. The van der Waals surface area contributed by atoms with Gasteiger partial charge in [-0.3, -0.25) is 14.5 Å². The van der Waals surface area contributed by atoms with Gasteiger partial charge in [-0.05, 0) is 44.9 Å². The van der Waals surface area contributed by atoms with E-state index >= 15 is 0 Å². The van der Waals surface area contributed by atoms with Crippen LogP contribution in [0.1, 0.15) is 24.0 Å². The first-order chi connectivity index (χ1) is 11.5. The predicted octanol–water partition coefficient (Wildman–Crippen LogP) is 0.996. The molecular weight excluding hydrogens is 306 g/mol. The Morgan fingerprint density at radius 1 is 1.38 bits per heavy atom. The van der Waals surface area contributed by atoms with Gasteiger partial charge in [-0.2, -0.15) is 0 Å². The molecule has 2 rings (SSSR count). The first-order valence-corrected chi connectivity index (χ1v) is 8.44. The van der Waals surface area contributed by atoms with Crippen molar-refractivity contribution in [2.24, 2.45) is 11.7 Å². The van der Waals surface area contributed by atoms with Crippen molar-refractivity contribution in [1.82, 2.24) is 10.2 Å². The third-order valence-corrected chi connectivity index (χ3v) is 4.29. The van der Waals surface area contributed by atoms with Crippen molar-refractivity contribution < 1.29 is 14.3 Å². The summed E-state index contributed by atoms with van der Waals surface area (Å²) in [6, 6.07) is 6.02. The molecule has 0 unspecified atom stereocenters. The van der Waals surface area contributed by atoms with E-state index in [1.165, 1.54) is 5.56 Å². The Kier molecular flexibility index (Phi) is 6.61. The summed E-state index contributed by atoms with van der Waals surface area (Å²) in [5.41, 5.74) is 7.64. The van der Waals surface area contributed by atoms with Crippen LogP contribution >= 0.6 is 0 Å². The van der Waals surface area contributed by atoms with Gasteiger partial charge in [-0.25, -0.2) is 0 Å². The first kappa shape index (κ1) is 18.3. The number of nitrogens with one attached hydrogen (secondary N) is 1. The summed E-state index contributed by atoms with van der Waals surface area (Å²) in [5.74, 6) is 0.376. The largest absolute Gasteiger partial charge is 0.491 e. The maximum atomic E-state index is 12.0. The van der Waals surface area contributed by atoms with Crippen molar-refractivity contribution in [2.45, 2.75) is 26.7 Å². The van der Waals surface area contributed by atoms with Crippen LogP contribution in [0.3, 0.4) is 0 Å². The van der Waals surface area contributed by atoms with Crippen molar-refractivity contribution >= 4 is 11.8 Å². The quantitative estimate of drug-likeness (QED) is 0.729. The molecule has 0 saturated carbocycles. The summed E-state index contributed by atoms with van der Waals surface area (Å²) in [6.45, 7) is 6.64. The van der Waals surface area contributed by atoms with E-state index in [1.54, 1.807) is 0 Å². The number of piperidine rings is 1. The van der Waals surface area contributed by atoms with Gasteiger partial charge in [-0.15, -0.1) is 0 Å². The van der Waals surface area contributed by atoms with Crippen LogP contribution < -0.4 is 15.8 Å². The van der Waals surface area contributed by atoms with Crippen molar-refractivity contribution in [3.05, 3.63) is 29.3 Å². The molecule has 0 aromatic heterocycles. The van der Waals surface area contributed by atoms with Crippen molar-refractivity contribution in [1.29, 1.82) is 0 Å². The second-order valence-corrected chi connectivity index (χ2v) is 6.44. The molecule has 1 aromatic rings. The normalized spacial score (nSPS) is 18.2. The Labute approximate surface area is 143 Å². The van der Waals surface area contributed by atoms with Crippen LogP contribution in [-0.2, 0) is 9.59 Å². The molecule has 0 aliphatic carbocycles. The van der Waals surface area contributed by atoms with E-state index in [0.717, 1.165) is 30.7 Å². The summed E-state index contributed by atoms with van der Waals surface area (Å²) in [4.78, 5) is 25.2. The average molecular weight is 333 g/mol. The maximum absolute atomic E-state index is 12.0. The van der Waals surface area contributed by atoms with E-state index in [9.17, 15) is 9.59 Å². The van der Waals surface area contributed by atoms with Gasteiger partial charge in [0.15, 0.2) is 0 Å². The molecule has 24 heavy (non-hydrogen) atoms. The summed E-state index contributed by atoms with van der Waals surface area (Å²) in [6.07, 6.45) is 1.72. The molecule has 0 radical (unpaired) electrons. The van der Waals surface area contributed by atoms with E-state index in [1.807, 2.05) is 30.9 Å². The molecule has 0 spiro atoms. The highest BCUT2D eigenvalue weighted by Gasteiger charge is 2.24. The lowest BCUT2D eigenvalue weighted by atomic mass is 9.97. The fourth-order valence-corrected chi connectivity index (χ4v) is 3.00. The first-order valence-electron chi connectivity index (χ1n) is 8.44. The number of aryl methyl sites for hydroxylation is 2. The molecule has 1 heterocycles. The topological polar surface area (TPSA) is 84.7 Å². The van der Waals surface area contributed by atoms with Gasteiger partial charge in [0, 0.05) is 6.54 Å². The minimum Gasteiger partial charge on any atom is -0.491 e. The van der Waals surface area contributed by atoms with E-state index in [-0.39, 0.29) is 17.7 Å². The highest BCUT2D eigenvalue weighted by atomic mass is 16.5. The number of carbonyl (C=O) groups excluding carboxylic acids is 2. The lowest BCUT2D eigenvalue weighted by Crippen LogP contribution is -2.46. The number of hydrogen-bond donors (Lipinski definition) is 2. The Morgan fingerprint density at radius 3 is 2.88 bits per heavy atom. The van der Waals surface area contributed by atoms with E-state index in [4.69, 9.17) is 10.5 Å². The van der Waals surface area contributed by atoms with E-state index in [2.05, 4.69) is 11.4 Å². The van der Waals surface area contributed by atoms with Crippen LogP contribution in [0, 0.1) is 19.8 Å². The van der Waals surface area contributed by atoms with Crippen LogP contribution in [0.4, 0.5) is 0 Å². The molecule has 132 valence electrons. The van der Waals surface area contributed by atoms with Crippen LogP contribution in [0.15, 0.2) is 18.2 Å². The zero-order valence-electron chi connectivity index (χ0n) is 14.5. The average Bonchev–Trinajstić information content (AvgIpc) is 2.53. The number of nitrogens with zero attached hydrogens (tertiary/aromatic N) is 1. The molecule has 3 N–H and O–H groups in total. The van der Waals surface area contributed by atoms with Crippen LogP contribution in [-0.4, -0.2) is 49.5 Å². The molecular formula is C18H27N3O3. The second-order valence-electron chi connectivity index (χ2n) is 6.44. The van der Waals surface area contributed by atoms with Crippen molar-refractivity contribution in [2.75, 3.05) is 32.8 Å². The maximum Gasteiger partial charge on any atom is 0.234 e. The van der Waals surface area contributed by atoms with Crippen LogP contribution in [0.5, 0.6) is 5.75 Å². The molecule has 1 atom stereocenters. The number of amides is 2. The number of primary amides is 1. The monoisotopic (exact) mass is 333 g/mol. The lowest BCUT2D eigenvalue weighted by Gasteiger charge is -2.30. The van der Waals surface area contributed by atoms with Crippen molar-refractivity contribution in [3.8, 4) is 5.75 Å². The van der Waals surface area contributed by atoms with Crippen LogP contribution in [0.25, 0.3) is 0 Å². The minimum atomic E-state index is -0.276. The van der Waals surface area contributed by atoms with Gasteiger partial charge in [0.1, 0.15) is 12.4 Å². The predicted molar refractivity (Wildman–Crippen MR) is 92.8 cm³/mol. The lowest BCUT2D eigenvalue weighted by molar-refractivity contribution is -0.126. The smallest absolute Gasteiger partial charge is 0.234 e. The zero-order chi connectivity index (χ0) is 17.5. The number of benzene rings is 1. The van der Waals surface area contributed by atoms with Gasteiger partial charge in [0.25, 0.3) is 0 Å².